The second-order valence-corrected chi connectivity index (χ2v) is 6.52. The highest BCUT2D eigenvalue weighted by Gasteiger charge is 2.31. The van der Waals surface area contributed by atoms with Gasteiger partial charge in [0.25, 0.3) is 0 Å². The largest absolute Gasteiger partial charge is 0.0651 e. The molecule has 0 amide bonds. The Kier molecular flexibility index (Phi) is 5.86. The van der Waals surface area contributed by atoms with Crippen LogP contribution in [0, 0.1) is 29.6 Å². The first-order chi connectivity index (χ1) is 7.58. The molecule has 1 rings (SSSR count). The molecule has 1 aliphatic rings. The van der Waals surface area contributed by atoms with Gasteiger partial charge in [-0.15, -0.1) is 0 Å². The van der Waals surface area contributed by atoms with Crippen LogP contribution >= 0.6 is 0 Å². The maximum atomic E-state index is 2.46. The number of hydrogen-bond acceptors (Lipinski definition) is 0. The Labute approximate surface area is 103 Å². The molecular formula is C16H32. The van der Waals surface area contributed by atoms with E-state index in [-0.39, 0.29) is 0 Å². The molecule has 1 fully saturated rings. The second kappa shape index (κ2) is 6.67. The van der Waals surface area contributed by atoms with Crippen LogP contribution in [0.3, 0.4) is 0 Å². The molecule has 0 aromatic heterocycles. The fourth-order valence-electron chi connectivity index (χ4n) is 3.64. The lowest BCUT2D eigenvalue weighted by molar-refractivity contribution is 0.119. The molecule has 0 aliphatic heterocycles. The van der Waals surface area contributed by atoms with Gasteiger partial charge in [0.05, 0.1) is 0 Å². The van der Waals surface area contributed by atoms with E-state index < -0.39 is 0 Å². The molecule has 0 aromatic carbocycles. The Morgan fingerprint density at radius 3 is 2.19 bits per heavy atom. The zero-order valence-corrected chi connectivity index (χ0v) is 12.1. The minimum Gasteiger partial charge on any atom is -0.0651 e. The summed E-state index contributed by atoms with van der Waals surface area (Å²) in [4.78, 5) is 0. The van der Waals surface area contributed by atoms with Crippen molar-refractivity contribution in [3.05, 3.63) is 0 Å². The van der Waals surface area contributed by atoms with Crippen molar-refractivity contribution >= 4 is 0 Å². The van der Waals surface area contributed by atoms with E-state index in [1.165, 1.54) is 38.5 Å². The van der Waals surface area contributed by atoms with Crippen molar-refractivity contribution in [2.45, 2.75) is 73.1 Å². The zero-order valence-electron chi connectivity index (χ0n) is 12.1. The Hall–Kier alpha value is 0. The van der Waals surface area contributed by atoms with E-state index >= 15 is 0 Å². The average molecular weight is 224 g/mol. The smallest absolute Gasteiger partial charge is 0.0381 e. The third kappa shape index (κ3) is 3.79. The van der Waals surface area contributed by atoms with E-state index in [9.17, 15) is 0 Å². The van der Waals surface area contributed by atoms with Crippen LogP contribution in [0.4, 0.5) is 0 Å². The van der Waals surface area contributed by atoms with Gasteiger partial charge in [0.15, 0.2) is 0 Å². The number of rotatable bonds is 5. The summed E-state index contributed by atoms with van der Waals surface area (Å²) in [5.74, 6) is 4.92. The van der Waals surface area contributed by atoms with Gasteiger partial charge >= 0.3 is 0 Å². The molecule has 0 bridgehead atoms. The summed E-state index contributed by atoms with van der Waals surface area (Å²) >= 11 is 0. The molecule has 0 heterocycles. The molecule has 0 N–H and O–H groups in total. The lowest BCUT2D eigenvalue weighted by Gasteiger charge is -2.39. The molecule has 1 aliphatic carbocycles. The summed E-state index contributed by atoms with van der Waals surface area (Å²) in [6, 6.07) is 0. The summed E-state index contributed by atoms with van der Waals surface area (Å²) in [7, 11) is 0. The molecule has 0 saturated heterocycles. The van der Waals surface area contributed by atoms with Crippen molar-refractivity contribution in [2.24, 2.45) is 29.6 Å². The Bertz CT molecular complexity index is 182. The van der Waals surface area contributed by atoms with E-state index in [2.05, 4.69) is 34.6 Å². The molecule has 96 valence electrons. The van der Waals surface area contributed by atoms with Crippen molar-refractivity contribution in [3.8, 4) is 0 Å². The SMILES string of the molecule is CCC(C)C1CCC(CC)C(CC(C)C)C1. The van der Waals surface area contributed by atoms with Crippen molar-refractivity contribution in [2.75, 3.05) is 0 Å². The topological polar surface area (TPSA) is 0 Å². The predicted molar refractivity (Wildman–Crippen MR) is 73.5 cm³/mol. The Balaban J connectivity index is 2.54. The molecular weight excluding hydrogens is 192 g/mol. The van der Waals surface area contributed by atoms with Crippen LogP contribution in [0.1, 0.15) is 73.1 Å². The lowest BCUT2D eigenvalue weighted by Crippen LogP contribution is -2.28. The summed E-state index contributed by atoms with van der Waals surface area (Å²) in [5.41, 5.74) is 0. The Morgan fingerprint density at radius 2 is 1.69 bits per heavy atom. The minimum absolute atomic E-state index is 0.884. The summed E-state index contributed by atoms with van der Waals surface area (Å²) in [6.07, 6.45) is 8.77. The van der Waals surface area contributed by atoms with Gasteiger partial charge in [-0.05, 0) is 55.3 Å². The first kappa shape index (κ1) is 14.1. The van der Waals surface area contributed by atoms with Crippen LogP contribution in [0.5, 0.6) is 0 Å². The normalized spacial score (nSPS) is 33.0. The van der Waals surface area contributed by atoms with Gasteiger partial charge in [-0.1, -0.05) is 47.5 Å². The molecule has 0 radical (unpaired) electrons. The minimum atomic E-state index is 0.884. The molecule has 1 saturated carbocycles. The summed E-state index contributed by atoms with van der Waals surface area (Å²) in [5, 5.41) is 0. The lowest BCUT2D eigenvalue weighted by atomic mass is 9.67. The van der Waals surface area contributed by atoms with Gasteiger partial charge in [0, 0.05) is 0 Å². The van der Waals surface area contributed by atoms with Gasteiger partial charge in [-0.3, -0.25) is 0 Å². The molecule has 0 aromatic rings. The van der Waals surface area contributed by atoms with E-state index in [0.717, 1.165) is 29.6 Å². The maximum absolute atomic E-state index is 2.46. The van der Waals surface area contributed by atoms with E-state index in [4.69, 9.17) is 0 Å². The van der Waals surface area contributed by atoms with Crippen LogP contribution in [-0.4, -0.2) is 0 Å². The van der Waals surface area contributed by atoms with Crippen molar-refractivity contribution in [1.29, 1.82) is 0 Å². The quantitative estimate of drug-likeness (QED) is 0.576. The highest BCUT2D eigenvalue weighted by atomic mass is 14.4. The second-order valence-electron chi connectivity index (χ2n) is 6.52. The van der Waals surface area contributed by atoms with Crippen LogP contribution in [0.15, 0.2) is 0 Å². The highest BCUT2D eigenvalue weighted by molar-refractivity contribution is 4.82. The van der Waals surface area contributed by atoms with Crippen molar-refractivity contribution in [3.63, 3.8) is 0 Å². The van der Waals surface area contributed by atoms with Crippen LogP contribution in [0.25, 0.3) is 0 Å². The summed E-state index contributed by atoms with van der Waals surface area (Å²) < 4.78 is 0. The predicted octanol–water partition coefficient (Wildman–Crippen LogP) is 5.52. The van der Waals surface area contributed by atoms with Crippen LogP contribution < -0.4 is 0 Å². The van der Waals surface area contributed by atoms with Gasteiger partial charge in [0.2, 0.25) is 0 Å². The molecule has 16 heavy (non-hydrogen) atoms. The van der Waals surface area contributed by atoms with Gasteiger partial charge in [-0.2, -0.15) is 0 Å². The molecule has 0 heteroatoms. The van der Waals surface area contributed by atoms with Gasteiger partial charge < -0.3 is 0 Å². The van der Waals surface area contributed by atoms with Crippen LogP contribution in [0.2, 0.25) is 0 Å². The molecule has 0 nitrogen and oxygen atoms in total. The molecule has 4 unspecified atom stereocenters. The summed E-state index contributed by atoms with van der Waals surface area (Å²) in [6.45, 7) is 12.0. The molecule has 0 spiro atoms. The first-order valence-corrected chi connectivity index (χ1v) is 7.58. The monoisotopic (exact) mass is 224 g/mol. The third-order valence-electron chi connectivity index (χ3n) is 4.93. The van der Waals surface area contributed by atoms with Gasteiger partial charge in [-0.25, -0.2) is 0 Å². The number of hydrogen-bond donors (Lipinski definition) is 0. The van der Waals surface area contributed by atoms with Crippen molar-refractivity contribution < 1.29 is 0 Å². The highest BCUT2D eigenvalue weighted by Crippen LogP contribution is 2.42. The van der Waals surface area contributed by atoms with Gasteiger partial charge in [0.1, 0.15) is 0 Å². The fraction of sp³-hybridized carbons (Fsp3) is 1.00. The Morgan fingerprint density at radius 1 is 1.00 bits per heavy atom. The first-order valence-electron chi connectivity index (χ1n) is 7.58. The standard InChI is InChI=1S/C16H32/c1-6-13(5)15-9-8-14(7-2)16(11-15)10-12(3)4/h12-16H,6-11H2,1-5H3. The average Bonchev–Trinajstić information content (AvgIpc) is 2.27. The fourth-order valence-corrected chi connectivity index (χ4v) is 3.64. The van der Waals surface area contributed by atoms with E-state index in [1.54, 1.807) is 0 Å². The van der Waals surface area contributed by atoms with Crippen molar-refractivity contribution in [1.82, 2.24) is 0 Å². The van der Waals surface area contributed by atoms with E-state index in [0.29, 0.717) is 0 Å². The van der Waals surface area contributed by atoms with Crippen LogP contribution in [-0.2, 0) is 0 Å². The maximum Gasteiger partial charge on any atom is -0.0381 e. The van der Waals surface area contributed by atoms with E-state index in [1.807, 2.05) is 0 Å². The zero-order chi connectivity index (χ0) is 12.1. The molecule has 4 atom stereocenters. The third-order valence-corrected chi connectivity index (χ3v) is 4.93.